The molecule has 1 aromatic rings. The molecule has 0 aromatic heterocycles. The topological polar surface area (TPSA) is 33.0 Å². The standard InChI is InChI=1S/C15H23NOSi/c1-15(2,3)18(4,5)17-12-14-8-6-13(7-9-14)10-11-16/h6-9H,10,12H2,1-5H3. The molecule has 0 amide bonds. The molecule has 1 rings (SSSR count). The molecule has 1 aromatic carbocycles. The molecule has 0 atom stereocenters. The lowest BCUT2D eigenvalue weighted by Gasteiger charge is -2.36. The van der Waals surface area contributed by atoms with E-state index >= 15 is 0 Å². The molecule has 0 N–H and O–H groups in total. The molecule has 0 aliphatic heterocycles. The Balaban J connectivity index is 2.62. The van der Waals surface area contributed by atoms with Crippen molar-refractivity contribution in [3.05, 3.63) is 35.4 Å². The Kier molecular flexibility index (Phi) is 4.72. The first-order valence-corrected chi connectivity index (χ1v) is 9.26. The van der Waals surface area contributed by atoms with Gasteiger partial charge >= 0.3 is 0 Å². The minimum absolute atomic E-state index is 0.244. The highest BCUT2D eigenvalue weighted by Crippen LogP contribution is 2.37. The first-order valence-electron chi connectivity index (χ1n) is 6.35. The normalized spacial score (nSPS) is 12.2. The Labute approximate surface area is 112 Å². The van der Waals surface area contributed by atoms with Crippen molar-refractivity contribution in [2.75, 3.05) is 0 Å². The van der Waals surface area contributed by atoms with Crippen LogP contribution in [0.4, 0.5) is 0 Å². The second kappa shape index (κ2) is 5.68. The summed E-state index contributed by atoms with van der Waals surface area (Å²) in [4.78, 5) is 0. The number of hydrogen-bond donors (Lipinski definition) is 0. The van der Waals surface area contributed by atoms with E-state index < -0.39 is 8.32 Å². The van der Waals surface area contributed by atoms with Gasteiger partial charge in [0.2, 0.25) is 0 Å². The largest absolute Gasteiger partial charge is 0.413 e. The van der Waals surface area contributed by atoms with Crippen molar-refractivity contribution < 1.29 is 4.43 Å². The quantitative estimate of drug-likeness (QED) is 0.758. The van der Waals surface area contributed by atoms with Crippen LogP contribution >= 0.6 is 0 Å². The van der Waals surface area contributed by atoms with E-state index in [9.17, 15) is 0 Å². The van der Waals surface area contributed by atoms with Crippen molar-refractivity contribution in [1.29, 1.82) is 5.26 Å². The van der Waals surface area contributed by atoms with E-state index in [4.69, 9.17) is 9.69 Å². The first-order chi connectivity index (χ1) is 8.26. The van der Waals surface area contributed by atoms with Gasteiger partial charge in [0.1, 0.15) is 0 Å². The molecule has 18 heavy (non-hydrogen) atoms. The summed E-state index contributed by atoms with van der Waals surface area (Å²) in [6, 6.07) is 10.3. The Morgan fingerprint density at radius 2 is 1.61 bits per heavy atom. The Hall–Kier alpha value is -1.11. The van der Waals surface area contributed by atoms with Crippen LogP contribution in [-0.4, -0.2) is 8.32 Å². The van der Waals surface area contributed by atoms with Gasteiger partial charge in [0.25, 0.3) is 0 Å². The summed E-state index contributed by atoms with van der Waals surface area (Å²) in [5, 5.41) is 8.86. The second-order valence-electron chi connectivity index (χ2n) is 6.20. The minimum atomic E-state index is -1.67. The van der Waals surface area contributed by atoms with E-state index in [0.717, 1.165) is 5.56 Å². The molecule has 0 saturated carbocycles. The molecule has 2 nitrogen and oxygen atoms in total. The van der Waals surface area contributed by atoms with E-state index in [0.29, 0.717) is 13.0 Å². The summed E-state index contributed by atoms with van der Waals surface area (Å²) in [7, 11) is -1.67. The molecule has 0 fully saturated rings. The smallest absolute Gasteiger partial charge is 0.192 e. The number of benzene rings is 1. The van der Waals surface area contributed by atoms with Crippen LogP contribution in [0.5, 0.6) is 0 Å². The van der Waals surface area contributed by atoms with Gasteiger partial charge in [-0.2, -0.15) is 5.26 Å². The molecule has 0 aliphatic rings. The summed E-state index contributed by atoms with van der Waals surface area (Å²) in [6.07, 6.45) is 0.476. The van der Waals surface area contributed by atoms with Crippen LogP contribution in [0.3, 0.4) is 0 Å². The highest BCUT2D eigenvalue weighted by atomic mass is 28.4. The van der Waals surface area contributed by atoms with Crippen LogP contribution < -0.4 is 0 Å². The van der Waals surface area contributed by atoms with Crippen molar-refractivity contribution in [3.8, 4) is 6.07 Å². The average Bonchev–Trinajstić information content (AvgIpc) is 2.27. The van der Waals surface area contributed by atoms with Gasteiger partial charge in [-0.05, 0) is 29.3 Å². The van der Waals surface area contributed by atoms with Crippen LogP contribution in [0.2, 0.25) is 18.1 Å². The van der Waals surface area contributed by atoms with E-state index in [1.165, 1.54) is 5.56 Å². The van der Waals surface area contributed by atoms with E-state index in [-0.39, 0.29) is 5.04 Å². The third-order valence-electron chi connectivity index (χ3n) is 3.71. The molecule has 0 unspecified atom stereocenters. The van der Waals surface area contributed by atoms with Crippen LogP contribution in [0.15, 0.2) is 24.3 Å². The SMILES string of the molecule is CC(C)(C)[Si](C)(C)OCc1ccc(CC#N)cc1. The second-order valence-corrected chi connectivity index (χ2v) is 11.0. The molecule has 0 saturated heterocycles. The summed E-state index contributed by atoms with van der Waals surface area (Å²) >= 11 is 0. The molecule has 0 heterocycles. The van der Waals surface area contributed by atoms with Gasteiger partial charge in [-0.1, -0.05) is 45.0 Å². The molecular formula is C15H23NOSi. The molecule has 3 heteroatoms. The fourth-order valence-electron chi connectivity index (χ4n) is 1.32. The first kappa shape index (κ1) is 14.9. The maximum atomic E-state index is 8.62. The van der Waals surface area contributed by atoms with Gasteiger partial charge in [-0.15, -0.1) is 0 Å². The zero-order valence-electron chi connectivity index (χ0n) is 12.1. The summed E-state index contributed by atoms with van der Waals surface area (Å²) in [6.45, 7) is 11.9. The minimum Gasteiger partial charge on any atom is -0.413 e. The lowest BCUT2D eigenvalue weighted by atomic mass is 10.1. The zero-order chi connectivity index (χ0) is 13.8. The molecular weight excluding hydrogens is 238 g/mol. The fourth-order valence-corrected chi connectivity index (χ4v) is 2.29. The zero-order valence-corrected chi connectivity index (χ0v) is 13.1. The van der Waals surface area contributed by atoms with E-state index in [1.54, 1.807) is 0 Å². The average molecular weight is 261 g/mol. The predicted molar refractivity (Wildman–Crippen MR) is 77.7 cm³/mol. The van der Waals surface area contributed by atoms with Crippen molar-refractivity contribution in [2.45, 2.75) is 51.9 Å². The van der Waals surface area contributed by atoms with Crippen molar-refractivity contribution in [1.82, 2.24) is 0 Å². The maximum Gasteiger partial charge on any atom is 0.192 e. The van der Waals surface area contributed by atoms with E-state index in [1.807, 2.05) is 12.1 Å². The Bertz CT molecular complexity index is 423. The Morgan fingerprint density at radius 3 is 2.06 bits per heavy atom. The van der Waals surface area contributed by atoms with Gasteiger partial charge in [0.15, 0.2) is 8.32 Å². The molecule has 0 aliphatic carbocycles. The molecule has 0 bridgehead atoms. The number of rotatable bonds is 4. The summed E-state index contributed by atoms with van der Waals surface area (Å²) < 4.78 is 6.15. The van der Waals surface area contributed by atoms with Gasteiger partial charge in [-0.25, -0.2) is 0 Å². The monoisotopic (exact) mass is 261 g/mol. The van der Waals surface area contributed by atoms with Gasteiger partial charge < -0.3 is 4.43 Å². The van der Waals surface area contributed by atoms with Crippen LogP contribution in [0.1, 0.15) is 31.9 Å². The molecule has 0 spiro atoms. The van der Waals surface area contributed by atoms with E-state index in [2.05, 4.69) is 52.1 Å². The van der Waals surface area contributed by atoms with Gasteiger partial charge in [-0.3, -0.25) is 0 Å². The number of hydrogen-bond acceptors (Lipinski definition) is 2. The lowest BCUT2D eigenvalue weighted by Crippen LogP contribution is -2.40. The highest BCUT2D eigenvalue weighted by molar-refractivity contribution is 6.74. The highest BCUT2D eigenvalue weighted by Gasteiger charge is 2.36. The third kappa shape index (κ3) is 3.97. The van der Waals surface area contributed by atoms with Crippen LogP contribution in [0, 0.1) is 11.3 Å². The fraction of sp³-hybridized carbons (Fsp3) is 0.533. The predicted octanol–water partition coefficient (Wildman–Crippen LogP) is 4.27. The van der Waals surface area contributed by atoms with Crippen LogP contribution in [0.25, 0.3) is 0 Å². The lowest BCUT2D eigenvalue weighted by molar-refractivity contribution is 0.276. The summed E-state index contributed by atoms with van der Waals surface area (Å²) in [5.74, 6) is 0. The number of nitrogens with zero attached hydrogens (tertiary/aromatic N) is 1. The van der Waals surface area contributed by atoms with Gasteiger partial charge in [0.05, 0.1) is 19.1 Å². The van der Waals surface area contributed by atoms with Crippen LogP contribution in [-0.2, 0) is 17.5 Å². The summed E-state index contributed by atoms with van der Waals surface area (Å²) in [5.41, 5.74) is 2.25. The van der Waals surface area contributed by atoms with Crippen molar-refractivity contribution in [2.24, 2.45) is 0 Å². The van der Waals surface area contributed by atoms with Crippen molar-refractivity contribution >= 4 is 8.32 Å². The maximum absolute atomic E-state index is 8.62. The van der Waals surface area contributed by atoms with Gasteiger partial charge in [0, 0.05) is 0 Å². The Morgan fingerprint density at radius 1 is 1.11 bits per heavy atom. The number of nitriles is 1. The van der Waals surface area contributed by atoms with Crippen molar-refractivity contribution in [3.63, 3.8) is 0 Å². The molecule has 0 radical (unpaired) electrons. The third-order valence-corrected chi connectivity index (χ3v) is 8.19. The molecule has 98 valence electrons.